The number of rotatable bonds is 0. The molecule has 0 aliphatic rings. The number of fused-ring (bicyclic) bond motifs is 1. The van der Waals surface area contributed by atoms with E-state index in [-0.39, 0.29) is 5.75 Å². The quantitative estimate of drug-likeness (QED) is 0.711. The van der Waals surface area contributed by atoms with Gasteiger partial charge in [0.05, 0.1) is 0 Å². The molecule has 78 valence electrons. The number of hydrogen-bond donors (Lipinski definition) is 1. The second-order valence-corrected chi connectivity index (χ2v) is 3.78. The number of aromatic hydroxyl groups is 1. The van der Waals surface area contributed by atoms with E-state index in [9.17, 15) is 5.11 Å². The summed E-state index contributed by atoms with van der Waals surface area (Å²) in [6.07, 6.45) is 0. The van der Waals surface area contributed by atoms with Crippen molar-refractivity contribution in [2.45, 2.75) is 27.7 Å². The Labute approximate surface area is 88.0 Å². The van der Waals surface area contributed by atoms with Crippen LogP contribution in [-0.2, 0) is 0 Å². The second-order valence-electron chi connectivity index (χ2n) is 3.78. The molecule has 0 spiro atoms. The van der Waals surface area contributed by atoms with Crippen molar-refractivity contribution in [1.82, 2.24) is 15.2 Å². The maximum absolute atomic E-state index is 9.96. The van der Waals surface area contributed by atoms with E-state index in [0.717, 1.165) is 16.7 Å². The fraction of sp³-hybridized carbons (Fsp3) is 0.364. The van der Waals surface area contributed by atoms with Crippen LogP contribution in [-0.4, -0.2) is 20.3 Å². The monoisotopic (exact) mass is 203 g/mol. The normalized spacial score (nSPS) is 10.9. The lowest BCUT2D eigenvalue weighted by molar-refractivity contribution is 0.475. The van der Waals surface area contributed by atoms with Gasteiger partial charge in [0.25, 0.3) is 0 Å². The first-order valence-corrected chi connectivity index (χ1v) is 4.82. The van der Waals surface area contributed by atoms with Gasteiger partial charge in [-0.2, -0.15) is 0 Å². The van der Waals surface area contributed by atoms with Crippen LogP contribution in [0, 0.1) is 27.7 Å². The first-order valence-electron chi connectivity index (χ1n) is 4.82. The highest BCUT2D eigenvalue weighted by Gasteiger charge is 2.13. The highest BCUT2D eigenvalue weighted by atomic mass is 16.3. The summed E-state index contributed by atoms with van der Waals surface area (Å²) in [4.78, 5) is 4.21. The van der Waals surface area contributed by atoms with E-state index in [1.165, 1.54) is 0 Å². The predicted octanol–water partition coefficient (Wildman–Crippen LogP) is 1.96. The molecule has 0 unspecified atom stereocenters. The third-order valence-corrected chi connectivity index (χ3v) is 2.85. The minimum absolute atomic E-state index is 0.214. The summed E-state index contributed by atoms with van der Waals surface area (Å²) in [5, 5.41) is 17.9. The maximum Gasteiger partial charge on any atom is 0.148 e. The summed E-state index contributed by atoms with van der Waals surface area (Å²) in [5.41, 5.74) is 4.16. The van der Waals surface area contributed by atoms with Crippen LogP contribution in [0.25, 0.3) is 11.0 Å². The van der Waals surface area contributed by atoms with Crippen molar-refractivity contribution in [3.63, 3.8) is 0 Å². The Hall–Kier alpha value is -1.71. The molecule has 15 heavy (non-hydrogen) atoms. The number of hydrogen-bond acceptors (Lipinski definition) is 4. The fourth-order valence-electron chi connectivity index (χ4n) is 1.64. The van der Waals surface area contributed by atoms with Gasteiger partial charge < -0.3 is 5.11 Å². The molecule has 1 heterocycles. The van der Waals surface area contributed by atoms with Crippen LogP contribution in [0.15, 0.2) is 0 Å². The zero-order chi connectivity index (χ0) is 11.2. The SMILES string of the molecule is Cc1nnc2c(C)c(C)c(C)c(O)c2n1. The topological polar surface area (TPSA) is 58.9 Å². The minimum atomic E-state index is 0.214. The summed E-state index contributed by atoms with van der Waals surface area (Å²) in [6.45, 7) is 7.58. The summed E-state index contributed by atoms with van der Waals surface area (Å²) in [7, 11) is 0. The largest absolute Gasteiger partial charge is 0.505 e. The molecule has 0 amide bonds. The second kappa shape index (κ2) is 3.15. The van der Waals surface area contributed by atoms with Gasteiger partial charge in [-0.15, -0.1) is 10.2 Å². The molecule has 4 heteroatoms. The van der Waals surface area contributed by atoms with Gasteiger partial charge in [0.15, 0.2) is 0 Å². The Morgan fingerprint density at radius 3 is 2.13 bits per heavy atom. The molecule has 0 bridgehead atoms. The van der Waals surface area contributed by atoms with E-state index in [4.69, 9.17) is 0 Å². The Morgan fingerprint density at radius 2 is 1.47 bits per heavy atom. The van der Waals surface area contributed by atoms with E-state index in [2.05, 4.69) is 15.2 Å². The van der Waals surface area contributed by atoms with Crippen molar-refractivity contribution in [3.8, 4) is 5.75 Å². The number of benzene rings is 1. The first-order chi connectivity index (χ1) is 7.02. The molecule has 0 saturated heterocycles. The minimum Gasteiger partial charge on any atom is -0.505 e. The molecule has 0 aliphatic carbocycles. The van der Waals surface area contributed by atoms with Crippen LogP contribution in [0.4, 0.5) is 0 Å². The Balaban J connectivity index is 3.00. The third kappa shape index (κ3) is 1.33. The van der Waals surface area contributed by atoms with Gasteiger partial charge in [0, 0.05) is 0 Å². The van der Waals surface area contributed by atoms with Gasteiger partial charge in [-0.1, -0.05) is 0 Å². The van der Waals surface area contributed by atoms with E-state index in [0.29, 0.717) is 16.9 Å². The number of phenolic OH excluding ortho intramolecular Hbond substituents is 1. The highest BCUT2D eigenvalue weighted by molar-refractivity contribution is 5.86. The molecule has 0 radical (unpaired) electrons. The van der Waals surface area contributed by atoms with Crippen LogP contribution in [0.1, 0.15) is 22.5 Å². The van der Waals surface area contributed by atoms with Crippen molar-refractivity contribution >= 4 is 11.0 Å². The van der Waals surface area contributed by atoms with Crippen molar-refractivity contribution in [2.75, 3.05) is 0 Å². The first kappa shape index (κ1) is 9.83. The van der Waals surface area contributed by atoms with Crippen LogP contribution >= 0.6 is 0 Å². The molecule has 1 aromatic carbocycles. The summed E-state index contributed by atoms with van der Waals surface area (Å²) >= 11 is 0. The van der Waals surface area contributed by atoms with Crippen LogP contribution in [0.5, 0.6) is 5.75 Å². The lowest BCUT2D eigenvalue weighted by atomic mass is 10.0. The van der Waals surface area contributed by atoms with Gasteiger partial charge in [-0.25, -0.2) is 4.98 Å². The molecule has 2 rings (SSSR count). The Bertz CT molecular complexity index is 549. The smallest absolute Gasteiger partial charge is 0.148 e. The standard InChI is InChI=1S/C11H13N3O/c1-5-6(2)9-10(11(15)7(5)3)12-8(4)13-14-9/h15H,1-4H3. The highest BCUT2D eigenvalue weighted by Crippen LogP contribution is 2.31. The molecule has 0 aliphatic heterocycles. The Kier molecular flexibility index (Phi) is 2.07. The summed E-state index contributed by atoms with van der Waals surface area (Å²) in [5.74, 6) is 0.784. The molecule has 0 fully saturated rings. The lowest BCUT2D eigenvalue weighted by Gasteiger charge is -2.10. The number of phenols is 1. The molecular formula is C11H13N3O. The van der Waals surface area contributed by atoms with E-state index < -0.39 is 0 Å². The molecule has 1 N–H and O–H groups in total. The number of aryl methyl sites for hydroxylation is 2. The van der Waals surface area contributed by atoms with Gasteiger partial charge in [0.1, 0.15) is 22.6 Å². The zero-order valence-electron chi connectivity index (χ0n) is 9.29. The van der Waals surface area contributed by atoms with Crippen molar-refractivity contribution in [1.29, 1.82) is 0 Å². The van der Waals surface area contributed by atoms with Crippen LogP contribution in [0.3, 0.4) is 0 Å². The van der Waals surface area contributed by atoms with Crippen molar-refractivity contribution in [2.24, 2.45) is 0 Å². The van der Waals surface area contributed by atoms with Gasteiger partial charge in [-0.05, 0) is 44.4 Å². The van der Waals surface area contributed by atoms with Crippen LogP contribution in [0.2, 0.25) is 0 Å². The average molecular weight is 203 g/mol. The lowest BCUT2D eigenvalue weighted by Crippen LogP contribution is -1.98. The number of aromatic nitrogens is 3. The molecular weight excluding hydrogens is 190 g/mol. The van der Waals surface area contributed by atoms with Crippen molar-refractivity contribution < 1.29 is 5.11 Å². The van der Waals surface area contributed by atoms with E-state index in [1.807, 2.05) is 20.8 Å². The molecule has 1 aromatic heterocycles. The van der Waals surface area contributed by atoms with E-state index >= 15 is 0 Å². The molecule has 0 saturated carbocycles. The molecule has 0 atom stereocenters. The summed E-state index contributed by atoms with van der Waals surface area (Å²) in [6, 6.07) is 0. The van der Waals surface area contributed by atoms with Crippen molar-refractivity contribution in [3.05, 3.63) is 22.5 Å². The fourth-order valence-corrected chi connectivity index (χ4v) is 1.64. The maximum atomic E-state index is 9.96. The van der Waals surface area contributed by atoms with Crippen LogP contribution < -0.4 is 0 Å². The Morgan fingerprint density at radius 1 is 0.800 bits per heavy atom. The molecule has 4 nitrogen and oxygen atoms in total. The van der Waals surface area contributed by atoms with Gasteiger partial charge in [0.2, 0.25) is 0 Å². The van der Waals surface area contributed by atoms with Gasteiger partial charge >= 0.3 is 0 Å². The van der Waals surface area contributed by atoms with E-state index in [1.54, 1.807) is 6.92 Å². The number of nitrogens with zero attached hydrogens (tertiary/aromatic N) is 3. The summed E-state index contributed by atoms with van der Waals surface area (Å²) < 4.78 is 0. The predicted molar refractivity (Wildman–Crippen MR) is 57.9 cm³/mol. The molecule has 2 aromatic rings. The zero-order valence-corrected chi connectivity index (χ0v) is 9.29. The average Bonchev–Trinajstić information content (AvgIpc) is 2.23. The third-order valence-electron chi connectivity index (χ3n) is 2.85. The van der Waals surface area contributed by atoms with Gasteiger partial charge in [-0.3, -0.25) is 0 Å².